The van der Waals surface area contributed by atoms with E-state index in [2.05, 4.69) is 16.0 Å². The third-order valence-electron chi connectivity index (χ3n) is 3.96. The zero-order valence-electron chi connectivity index (χ0n) is 13.9. The number of carbonyl (C=O) groups excluding carboxylic acids is 2. The highest BCUT2D eigenvalue weighted by atomic mass is 35.5. The van der Waals surface area contributed by atoms with E-state index in [0.29, 0.717) is 22.8 Å². The Morgan fingerprint density at radius 1 is 1.12 bits per heavy atom. The van der Waals surface area contributed by atoms with E-state index in [0.717, 1.165) is 18.4 Å². The maximum absolute atomic E-state index is 12.2. The van der Waals surface area contributed by atoms with Gasteiger partial charge in [0, 0.05) is 18.3 Å². The van der Waals surface area contributed by atoms with Gasteiger partial charge < -0.3 is 16.0 Å². The zero-order valence-corrected chi connectivity index (χ0v) is 14.7. The van der Waals surface area contributed by atoms with E-state index in [4.69, 9.17) is 11.6 Å². The van der Waals surface area contributed by atoms with Crippen molar-refractivity contribution in [3.63, 3.8) is 0 Å². The molecule has 2 aromatic carbocycles. The van der Waals surface area contributed by atoms with E-state index in [1.807, 2.05) is 31.2 Å². The summed E-state index contributed by atoms with van der Waals surface area (Å²) in [5.41, 5.74) is 3.07. The van der Waals surface area contributed by atoms with Crippen molar-refractivity contribution in [1.82, 2.24) is 10.6 Å². The van der Waals surface area contributed by atoms with Crippen LogP contribution in [0.4, 0.5) is 10.5 Å². The molecule has 0 heterocycles. The first-order valence-electron chi connectivity index (χ1n) is 8.22. The number of hydrogen-bond acceptors (Lipinski definition) is 2. The van der Waals surface area contributed by atoms with Crippen molar-refractivity contribution in [2.45, 2.75) is 32.4 Å². The van der Waals surface area contributed by atoms with Crippen LogP contribution < -0.4 is 16.0 Å². The molecule has 3 amide bonds. The van der Waals surface area contributed by atoms with Crippen LogP contribution in [0.3, 0.4) is 0 Å². The summed E-state index contributed by atoms with van der Waals surface area (Å²) in [5, 5.41) is 8.77. The molecule has 5 nitrogen and oxygen atoms in total. The van der Waals surface area contributed by atoms with Crippen LogP contribution in [0.5, 0.6) is 0 Å². The molecule has 0 aliphatic heterocycles. The summed E-state index contributed by atoms with van der Waals surface area (Å²) in [6.07, 6.45) is 2.01. The lowest BCUT2D eigenvalue weighted by molar-refractivity contribution is 0.0951. The first-order valence-corrected chi connectivity index (χ1v) is 8.60. The number of aryl methyl sites for hydroxylation is 1. The normalized spacial score (nSPS) is 13.2. The maximum Gasteiger partial charge on any atom is 0.319 e. The number of nitrogens with one attached hydrogen (secondary N) is 3. The van der Waals surface area contributed by atoms with Gasteiger partial charge in [-0.2, -0.15) is 0 Å². The van der Waals surface area contributed by atoms with E-state index < -0.39 is 0 Å². The van der Waals surface area contributed by atoms with Gasteiger partial charge in [0.1, 0.15) is 0 Å². The highest BCUT2D eigenvalue weighted by Crippen LogP contribution is 2.23. The van der Waals surface area contributed by atoms with Crippen LogP contribution in [0.1, 0.15) is 34.3 Å². The van der Waals surface area contributed by atoms with E-state index in [-0.39, 0.29) is 18.0 Å². The minimum absolute atomic E-state index is 0.212. The summed E-state index contributed by atoms with van der Waals surface area (Å²) in [7, 11) is 0. The van der Waals surface area contributed by atoms with Gasteiger partial charge in [0.25, 0.3) is 5.91 Å². The smallest absolute Gasteiger partial charge is 0.319 e. The topological polar surface area (TPSA) is 70.2 Å². The maximum atomic E-state index is 12.2. The van der Waals surface area contributed by atoms with Crippen molar-refractivity contribution in [3.8, 4) is 0 Å². The average Bonchev–Trinajstić information content (AvgIpc) is 3.40. The molecule has 1 fully saturated rings. The van der Waals surface area contributed by atoms with E-state index >= 15 is 0 Å². The highest BCUT2D eigenvalue weighted by Gasteiger charge is 2.24. The van der Waals surface area contributed by atoms with Crippen LogP contribution >= 0.6 is 11.6 Å². The van der Waals surface area contributed by atoms with Crippen molar-refractivity contribution in [2.24, 2.45) is 0 Å². The average molecular weight is 358 g/mol. The lowest BCUT2D eigenvalue weighted by Crippen LogP contribution is -2.29. The first-order chi connectivity index (χ1) is 12.0. The molecule has 0 spiro atoms. The number of hydrogen-bond donors (Lipinski definition) is 3. The van der Waals surface area contributed by atoms with Crippen LogP contribution in [0.15, 0.2) is 42.5 Å². The Balaban J connectivity index is 1.58. The summed E-state index contributed by atoms with van der Waals surface area (Å²) in [5.74, 6) is -0.212. The highest BCUT2D eigenvalue weighted by molar-refractivity contribution is 6.34. The molecule has 0 aromatic heterocycles. The summed E-state index contributed by atoms with van der Waals surface area (Å²) in [6, 6.07) is 12.7. The number of carbonyl (C=O) groups is 2. The first kappa shape index (κ1) is 17.3. The number of anilines is 1. The fraction of sp³-hybridized carbons (Fsp3) is 0.263. The van der Waals surface area contributed by atoms with Crippen LogP contribution in [-0.2, 0) is 6.54 Å². The van der Waals surface area contributed by atoms with Gasteiger partial charge in [-0.25, -0.2) is 4.79 Å². The zero-order chi connectivity index (χ0) is 17.8. The lowest BCUT2D eigenvalue weighted by atomic mass is 10.1. The van der Waals surface area contributed by atoms with Crippen molar-refractivity contribution >= 4 is 29.2 Å². The summed E-state index contributed by atoms with van der Waals surface area (Å²) in [4.78, 5) is 24.2. The largest absolute Gasteiger partial charge is 0.349 e. The predicted octanol–water partition coefficient (Wildman–Crippen LogP) is 3.86. The molecule has 1 aliphatic carbocycles. The van der Waals surface area contributed by atoms with Gasteiger partial charge in [0.15, 0.2) is 0 Å². The van der Waals surface area contributed by atoms with Crippen molar-refractivity contribution in [3.05, 3.63) is 64.2 Å². The molecule has 2 aromatic rings. The molecule has 1 aliphatic rings. The van der Waals surface area contributed by atoms with Gasteiger partial charge in [-0.1, -0.05) is 41.4 Å². The predicted molar refractivity (Wildman–Crippen MR) is 99.0 cm³/mol. The number of benzene rings is 2. The van der Waals surface area contributed by atoms with Crippen molar-refractivity contribution in [2.75, 3.05) is 5.32 Å². The van der Waals surface area contributed by atoms with E-state index in [1.54, 1.807) is 18.2 Å². The molecule has 1 saturated carbocycles. The Morgan fingerprint density at radius 2 is 1.84 bits per heavy atom. The second-order valence-electron chi connectivity index (χ2n) is 6.24. The van der Waals surface area contributed by atoms with Crippen LogP contribution in [0.25, 0.3) is 0 Å². The second kappa shape index (κ2) is 7.57. The monoisotopic (exact) mass is 357 g/mol. The van der Waals surface area contributed by atoms with Crippen LogP contribution in [0.2, 0.25) is 5.02 Å². The molecule has 0 radical (unpaired) electrons. The number of urea groups is 1. The molecule has 6 heteroatoms. The van der Waals surface area contributed by atoms with E-state index in [1.165, 1.54) is 5.56 Å². The molecule has 0 saturated heterocycles. The molecular formula is C19H20ClN3O2. The molecule has 0 atom stereocenters. The fourth-order valence-corrected chi connectivity index (χ4v) is 2.53. The van der Waals surface area contributed by atoms with Gasteiger partial charge in [0.05, 0.1) is 10.6 Å². The van der Waals surface area contributed by atoms with Gasteiger partial charge in [-0.15, -0.1) is 0 Å². The van der Waals surface area contributed by atoms with Gasteiger partial charge in [0.2, 0.25) is 0 Å². The number of halogens is 1. The molecule has 25 heavy (non-hydrogen) atoms. The quantitative estimate of drug-likeness (QED) is 0.760. The molecule has 3 N–H and O–H groups in total. The third kappa shape index (κ3) is 4.97. The van der Waals surface area contributed by atoms with Crippen LogP contribution in [0, 0.1) is 6.92 Å². The fourth-order valence-electron chi connectivity index (χ4n) is 2.33. The minimum atomic E-state index is -0.337. The molecular weight excluding hydrogens is 338 g/mol. The number of rotatable bonds is 5. The Morgan fingerprint density at radius 3 is 2.52 bits per heavy atom. The molecule has 0 bridgehead atoms. The Hall–Kier alpha value is -2.53. The molecule has 3 rings (SSSR count). The SMILES string of the molecule is Cc1ccc(CNC(=O)Nc2ccc(Cl)c(C(=O)NC3CC3)c2)cc1. The number of amides is 3. The lowest BCUT2D eigenvalue weighted by Gasteiger charge is -2.11. The summed E-state index contributed by atoms with van der Waals surface area (Å²) >= 11 is 6.10. The molecule has 0 unspecified atom stereocenters. The van der Waals surface area contributed by atoms with E-state index in [9.17, 15) is 9.59 Å². The Bertz CT molecular complexity index is 786. The molecule has 130 valence electrons. The summed E-state index contributed by atoms with van der Waals surface area (Å²) in [6.45, 7) is 2.44. The Labute approximate surface area is 151 Å². The van der Waals surface area contributed by atoms with Crippen LogP contribution in [-0.4, -0.2) is 18.0 Å². The van der Waals surface area contributed by atoms with Crippen molar-refractivity contribution in [1.29, 1.82) is 0 Å². The standard InChI is InChI=1S/C19H20ClN3O2/c1-12-2-4-13(5-3-12)11-21-19(25)23-15-8-9-17(20)16(10-15)18(24)22-14-6-7-14/h2-5,8-10,14H,6-7,11H2,1H3,(H,22,24)(H2,21,23,25). The van der Waals surface area contributed by atoms with Crippen molar-refractivity contribution < 1.29 is 9.59 Å². The third-order valence-corrected chi connectivity index (χ3v) is 4.28. The minimum Gasteiger partial charge on any atom is -0.349 e. The Kier molecular flexibility index (Phi) is 5.24. The van der Waals surface area contributed by atoms with Gasteiger partial charge in [-0.3, -0.25) is 4.79 Å². The van der Waals surface area contributed by atoms with Gasteiger partial charge in [-0.05, 0) is 43.5 Å². The second-order valence-corrected chi connectivity index (χ2v) is 6.64. The summed E-state index contributed by atoms with van der Waals surface area (Å²) < 4.78 is 0. The van der Waals surface area contributed by atoms with Gasteiger partial charge >= 0.3 is 6.03 Å².